The van der Waals surface area contributed by atoms with Crippen molar-refractivity contribution < 1.29 is 17.6 Å². The minimum atomic E-state index is -4.49. The van der Waals surface area contributed by atoms with Gasteiger partial charge in [0.15, 0.2) is 5.69 Å². The van der Waals surface area contributed by atoms with Crippen molar-refractivity contribution in [2.75, 3.05) is 6.54 Å². The fourth-order valence-electron chi connectivity index (χ4n) is 1.74. The van der Waals surface area contributed by atoms with Crippen LogP contribution in [0.5, 0.6) is 0 Å². The Morgan fingerprint density at radius 1 is 1.16 bits per heavy atom. The molecule has 1 unspecified atom stereocenters. The molecule has 0 aliphatic heterocycles. The number of hydrogen-bond acceptors (Lipinski definition) is 2. The third kappa shape index (κ3) is 2.93. The summed E-state index contributed by atoms with van der Waals surface area (Å²) in [4.78, 5) is 0. The Hall–Kier alpha value is -1.89. The van der Waals surface area contributed by atoms with Gasteiger partial charge in [-0.15, -0.1) is 0 Å². The van der Waals surface area contributed by atoms with E-state index in [0.717, 1.165) is 10.7 Å². The van der Waals surface area contributed by atoms with Crippen LogP contribution in [0, 0.1) is 5.82 Å². The Balaban J connectivity index is 2.32. The predicted molar refractivity (Wildman–Crippen MR) is 60.8 cm³/mol. The Bertz CT molecular complexity index is 545. The van der Waals surface area contributed by atoms with E-state index >= 15 is 0 Å². The van der Waals surface area contributed by atoms with E-state index in [4.69, 9.17) is 5.73 Å². The van der Waals surface area contributed by atoms with Gasteiger partial charge < -0.3 is 5.73 Å². The highest BCUT2D eigenvalue weighted by Gasteiger charge is 2.34. The van der Waals surface area contributed by atoms with Crippen LogP contribution in [0.25, 0.3) is 0 Å². The van der Waals surface area contributed by atoms with Crippen LogP contribution in [-0.4, -0.2) is 16.3 Å². The third-order valence-electron chi connectivity index (χ3n) is 2.70. The maximum atomic E-state index is 12.8. The Kier molecular flexibility index (Phi) is 3.57. The Morgan fingerprint density at radius 2 is 1.79 bits per heavy atom. The molecule has 0 fully saturated rings. The molecule has 2 N–H and O–H groups in total. The van der Waals surface area contributed by atoms with Crippen molar-refractivity contribution in [1.82, 2.24) is 9.78 Å². The number of rotatable bonds is 3. The number of nitrogens with zero attached hydrogens (tertiary/aromatic N) is 2. The maximum absolute atomic E-state index is 12.8. The van der Waals surface area contributed by atoms with Crippen LogP contribution in [0.2, 0.25) is 0 Å². The summed E-state index contributed by atoms with van der Waals surface area (Å²) >= 11 is 0. The lowest BCUT2D eigenvalue weighted by Gasteiger charge is -2.16. The van der Waals surface area contributed by atoms with E-state index in [1.54, 1.807) is 0 Å². The number of benzene rings is 1. The van der Waals surface area contributed by atoms with Gasteiger partial charge in [0.05, 0.1) is 6.04 Å². The van der Waals surface area contributed by atoms with Crippen LogP contribution >= 0.6 is 0 Å². The molecule has 0 aliphatic rings. The van der Waals surface area contributed by atoms with E-state index < -0.39 is 23.7 Å². The molecule has 7 heteroatoms. The molecule has 0 amide bonds. The Labute approximate surface area is 106 Å². The highest BCUT2D eigenvalue weighted by atomic mass is 19.4. The summed E-state index contributed by atoms with van der Waals surface area (Å²) in [6, 6.07) is 5.73. The van der Waals surface area contributed by atoms with E-state index in [-0.39, 0.29) is 6.54 Å². The van der Waals surface area contributed by atoms with E-state index in [9.17, 15) is 17.6 Å². The molecule has 1 heterocycles. The van der Waals surface area contributed by atoms with Crippen LogP contribution in [0.15, 0.2) is 36.5 Å². The zero-order chi connectivity index (χ0) is 14.0. The van der Waals surface area contributed by atoms with Gasteiger partial charge in [0.2, 0.25) is 0 Å². The molecule has 2 aromatic rings. The second-order valence-electron chi connectivity index (χ2n) is 3.98. The molecule has 2 rings (SSSR count). The smallest absolute Gasteiger partial charge is 0.328 e. The molecule has 19 heavy (non-hydrogen) atoms. The first-order valence-electron chi connectivity index (χ1n) is 5.49. The summed E-state index contributed by atoms with van der Waals surface area (Å²) in [6.45, 7) is 0.0601. The summed E-state index contributed by atoms with van der Waals surface area (Å²) in [5, 5.41) is 3.47. The molecule has 102 valence electrons. The monoisotopic (exact) mass is 273 g/mol. The van der Waals surface area contributed by atoms with Gasteiger partial charge in [0, 0.05) is 12.7 Å². The molecule has 0 radical (unpaired) electrons. The second-order valence-corrected chi connectivity index (χ2v) is 3.98. The average molecular weight is 273 g/mol. The van der Waals surface area contributed by atoms with Gasteiger partial charge in [-0.2, -0.15) is 18.3 Å². The van der Waals surface area contributed by atoms with Gasteiger partial charge in [-0.3, -0.25) is 4.68 Å². The van der Waals surface area contributed by atoms with Crippen LogP contribution < -0.4 is 5.73 Å². The molecule has 1 aromatic heterocycles. The summed E-state index contributed by atoms with van der Waals surface area (Å²) in [7, 11) is 0. The van der Waals surface area contributed by atoms with Crippen molar-refractivity contribution in [2.24, 2.45) is 5.73 Å². The maximum Gasteiger partial charge on any atom is 0.435 e. The molecule has 3 nitrogen and oxygen atoms in total. The van der Waals surface area contributed by atoms with Gasteiger partial charge in [0.1, 0.15) is 5.82 Å². The van der Waals surface area contributed by atoms with E-state index in [1.807, 2.05) is 0 Å². The van der Waals surface area contributed by atoms with Gasteiger partial charge >= 0.3 is 6.18 Å². The van der Waals surface area contributed by atoms with Crippen molar-refractivity contribution in [1.29, 1.82) is 0 Å². The molecule has 1 aromatic carbocycles. The summed E-state index contributed by atoms with van der Waals surface area (Å²) in [5.41, 5.74) is 5.18. The quantitative estimate of drug-likeness (QED) is 0.873. The van der Waals surface area contributed by atoms with Gasteiger partial charge in [-0.1, -0.05) is 12.1 Å². The normalized spacial score (nSPS) is 13.5. The van der Waals surface area contributed by atoms with Crippen molar-refractivity contribution >= 4 is 0 Å². The summed E-state index contributed by atoms with van der Waals surface area (Å²) in [6.07, 6.45) is -3.28. The van der Waals surface area contributed by atoms with E-state index in [2.05, 4.69) is 5.10 Å². The van der Waals surface area contributed by atoms with Crippen molar-refractivity contribution in [3.05, 3.63) is 53.6 Å². The topological polar surface area (TPSA) is 43.8 Å². The predicted octanol–water partition coefficient (Wildman–Crippen LogP) is 2.59. The molecular formula is C12H11F4N3. The number of alkyl halides is 3. The van der Waals surface area contributed by atoms with E-state index in [0.29, 0.717) is 5.56 Å². The summed E-state index contributed by atoms with van der Waals surface area (Å²) in [5.74, 6) is -0.420. The van der Waals surface area contributed by atoms with Crippen LogP contribution in [0.1, 0.15) is 17.3 Å². The lowest BCUT2D eigenvalue weighted by molar-refractivity contribution is -0.141. The standard InChI is InChI=1S/C12H11F4N3/c13-9-3-1-8(2-4-9)10(7-17)19-6-5-11(18-19)12(14,15)16/h1-6,10H,7,17H2. The molecule has 1 atom stereocenters. The zero-order valence-corrected chi connectivity index (χ0v) is 9.73. The minimum absolute atomic E-state index is 0.0601. The van der Waals surface area contributed by atoms with Gasteiger partial charge in [-0.05, 0) is 23.8 Å². The lowest BCUT2D eigenvalue weighted by Crippen LogP contribution is -2.21. The van der Waals surface area contributed by atoms with Crippen LogP contribution in [0.3, 0.4) is 0 Å². The molecular weight excluding hydrogens is 262 g/mol. The van der Waals surface area contributed by atoms with Crippen molar-refractivity contribution in [3.8, 4) is 0 Å². The van der Waals surface area contributed by atoms with Gasteiger partial charge in [0.25, 0.3) is 0 Å². The van der Waals surface area contributed by atoms with Crippen molar-refractivity contribution in [2.45, 2.75) is 12.2 Å². The van der Waals surface area contributed by atoms with Crippen molar-refractivity contribution in [3.63, 3.8) is 0 Å². The highest BCUT2D eigenvalue weighted by molar-refractivity contribution is 5.21. The second kappa shape index (κ2) is 5.00. The zero-order valence-electron chi connectivity index (χ0n) is 9.73. The van der Waals surface area contributed by atoms with Crippen LogP contribution in [0.4, 0.5) is 17.6 Å². The minimum Gasteiger partial charge on any atom is -0.328 e. The number of hydrogen-bond donors (Lipinski definition) is 1. The largest absolute Gasteiger partial charge is 0.435 e. The first kappa shape index (κ1) is 13.5. The first-order valence-corrected chi connectivity index (χ1v) is 5.49. The molecule has 0 aliphatic carbocycles. The number of aromatic nitrogens is 2. The highest BCUT2D eigenvalue weighted by Crippen LogP contribution is 2.28. The molecule has 0 saturated carbocycles. The van der Waals surface area contributed by atoms with E-state index in [1.165, 1.54) is 30.5 Å². The molecule has 0 spiro atoms. The van der Waals surface area contributed by atoms with Gasteiger partial charge in [-0.25, -0.2) is 4.39 Å². The first-order chi connectivity index (χ1) is 8.91. The molecule has 0 bridgehead atoms. The van der Waals surface area contributed by atoms with Crippen LogP contribution in [-0.2, 0) is 6.18 Å². The lowest BCUT2D eigenvalue weighted by atomic mass is 10.1. The fourth-order valence-corrected chi connectivity index (χ4v) is 1.74. The molecule has 0 saturated heterocycles. The summed E-state index contributed by atoms with van der Waals surface area (Å²) < 4.78 is 51.4. The average Bonchev–Trinajstić information content (AvgIpc) is 2.82. The third-order valence-corrected chi connectivity index (χ3v) is 2.70. The SMILES string of the molecule is NCC(c1ccc(F)cc1)n1ccc(C(F)(F)F)n1. The fraction of sp³-hybridized carbons (Fsp3) is 0.250. The number of nitrogens with two attached hydrogens (primary N) is 1. The Morgan fingerprint density at radius 3 is 2.26 bits per heavy atom. The number of halogens is 4.